The van der Waals surface area contributed by atoms with E-state index < -0.39 is 0 Å². The van der Waals surface area contributed by atoms with Crippen LogP contribution >= 0.6 is 11.3 Å². The summed E-state index contributed by atoms with van der Waals surface area (Å²) in [7, 11) is 0. The summed E-state index contributed by atoms with van der Waals surface area (Å²) in [6.07, 6.45) is 0.375. The second kappa shape index (κ2) is 7.13. The second-order valence-corrected chi connectivity index (χ2v) is 7.06. The third-order valence-electron chi connectivity index (χ3n) is 4.48. The summed E-state index contributed by atoms with van der Waals surface area (Å²) in [4.78, 5) is 2.46. The maximum Gasteiger partial charge on any atom is 0.0964 e. The summed E-state index contributed by atoms with van der Waals surface area (Å²) >= 11 is 1.72. The molecule has 23 heavy (non-hydrogen) atoms. The summed E-state index contributed by atoms with van der Waals surface area (Å²) in [6.45, 7) is 9.69. The lowest BCUT2D eigenvalue weighted by atomic mass is 10.1. The van der Waals surface area contributed by atoms with Gasteiger partial charge in [-0.1, -0.05) is 0 Å². The lowest BCUT2D eigenvalue weighted by molar-refractivity contribution is -0.0813. The van der Waals surface area contributed by atoms with Crippen molar-refractivity contribution in [2.24, 2.45) is 0 Å². The fourth-order valence-electron chi connectivity index (χ4n) is 3.31. The van der Waals surface area contributed by atoms with Gasteiger partial charge in [-0.15, -0.1) is 0 Å². The zero-order chi connectivity index (χ0) is 16.4. The molecular formula is C17H25N3O2S. The van der Waals surface area contributed by atoms with Gasteiger partial charge in [0.15, 0.2) is 0 Å². The van der Waals surface area contributed by atoms with Crippen LogP contribution in [0.25, 0.3) is 0 Å². The Morgan fingerprint density at radius 3 is 2.91 bits per heavy atom. The minimum absolute atomic E-state index is 0.121. The van der Waals surface area contributed by atoms with Crippen LogP contribution in [-0.2, 0) is 17.8 Å². The van der Waals surface area contributed by atoms with Crippen molar-refractivity contribution in [3.05, 3.63) is 39.3 Å². The standard InChI is InChI=1S/C17H25N3O2S/c1-12-8-19(10-17(22-12)15-4-7-23-11-15)9-16-13(2)18-20(5-6-21)14(16)3/h4,7,11-12,17,21H,5-6,8-10H2,1-3H3. The molecule has 0 radical (unpaired) electrons. The number of aromatic nitrogens is 2. The van der Waals surface area contributed by atoms with E-state index in [0.717, 1.165) is 31.0 Å². The van der Waals surface area contributed by atoms with Gasteiger partial charge in [0.2, 0.25) is 0 Å². The van der Waals surface area contributed by atoms with Crippen molar-refractivity contribution in [3.63, 3.8) is 0 Å². The first kappa shape index (κ1) is 16.6. The Morgan fingerprint density at radius 1 is 1.39 bits per heavy atom. The summed E-state index contributed by atoms with van der Waals surface area (Å²) in [5.74, 6) is 0. The van der Waals surface area contributed by atoms with Crippen molar-refractivity contribution in [2.75, 3.05) is 19.7 Å². The second-order valence-electron chi connectivity index (χ2n) is 6.28. The molecule has 3 heterocycles. The van der Waals surface area contributed by atoms with Crippen molar-refractivity contribution in [2.45, 2.75) is 46.1 Å². The first-order valence-corrected chi connectivity index (χ1v) is 9.06. The SMILES string of the molecule is Cc1nn(CCO)c(C)c1CN1CC(C)OC(c2ccsc2)C1. The zero-order valence-corrected chi connectivity index (χ0v) is 14.8. The highest BCUT2D eigenvalue weighted by atomic mass is 32.1. The number of hydrogen-bond donors (Lipinski definition) is 1. The molecule has 0 bridgehead atoms. The summed E-state index contributed by atoms with van der Waals surface area (Å²) in [6, 6.07) is 2.15. The molecule has 2 atom stereocenters. The number of thiophene rings is 1. The Hall–Kier alpha value is -1.21. The quantitative estimate of drug-likeness (QED) is 0.912. The van der Waals surface area contributed by atoms with Crippen molar-refractivity contribution in [1.29, 1.82) is 0 Å². The van der Waals surface area contributed by atoms with Crippen LogP contribution in [0.2, 0.25) is 0 Å². The number of aliphatic hydroxyl groups excluding tert-OH is 1. The Labute approximate surface area is 141 Å². The highest BCUT2D eigenvalue weighted by Gasteiger charge is 2.27. The van der Waals surface area contributed by atoms with E-state index in [0.29, 0.717) is 6.54 Å². The van der Waals surface area contributed by atoms with Crippen molar-refractivity contribution in [3.8, 4) is 0 Å². The molecule has 1 fully saturated rings. The Balaban J connectivity index is 1.74. The largest absolute Gasteiger partial charge is 0.394 e. The minimum Gasteiger partial charge on any atom is -0.394 e. The Kier molecular flexibility index (Phi) is 5.16. The molecule has 6 heteroatoms. The maximum absolute atomic E-state index is 9.15. The minimum atomic E-state index is 0.121. The van der Waals surface area contributed by atoms with Crippen LogP contribution in [0.1, 0.15) is 35.5 Å². The number of nitrogens with zero attached hydrogens (tertiary/aromatic N) is 3. The normalized spacial score (nSPS) is 22.6. The van der Waals surface area contributed by atoms with Gasteiger partial charge in [-0.25, -0.2) is 0 Å². The van der Waals surface area contributed by atoms with E-state index in [1.165, 1.54) is 11.1 Å². The number of rotatable bonds is 5. The Bertz CT molecular complexity index is 639. The van der Waals surface area contributed by atoms with Crippen LogP contribution < -0.4 is 0 Å². The highest BCUT2D eigenvalue weighted by molar-refractivity contribution is 7.07. The molecule has 2 aromatic heterocycles. The predicted molar refractivity (Wildman–Crippen MR) is 91.7 cm³/mol. The van der Waals surface area contributed by atoms with Gasteiger partial charge in [0.05, 0.1) is 31.1 Å². The first-order valence-electron chi connectivity index (χ1n) is 8.12. The smallest absolute Gasteiger partial charge is 0.0964 e. The first-order chi connectivity index (χ1) is 11.1. The van der Waals surface area contributed by atoms with Gasteiger partial charge in [0.1, 0.15) is 0 Å². The molecule has 0 aromatic carbocycles. The number of aryl methyl sites for hydroxylation is 1. The van der Waals surface area contributed by atoms with Gasteiger partial charge >= 0.3 is 0 Å². The average molecular weight is 335 g/mol. The van der Waals surface area contributed by atoms with E-state index in [4.69, 9.17) is 9.84 Å². The van der Waals surface area contributed by atoms with Crippen molar-refractivity contribution < 1.29 is 9.84 Å². The molecule has 126 valence electrons. The third-order valence-corrected chi connectivity index (χ3v) is 5.18. The summed E-state index contributed by atoms with van der Waals surface area (Å²) in [5.41, 5.74) is 4.76. The van der Waals surface area contributed by atoms with Gasteiger partial charge in [-0.2, -0.15) is 16.4 Å². The molecule has 0 amide bonds. The summed E-state index contributed by atoms with van der Waals surface area (Å²) < 4.78 is 8.02. The number of hydrogen-bond acceptors (Lipinski definition) is 5. The van der Waals surface area contributed by atoms with Gasteiger partial charge < -0.3 is 9.84 Å². The van der Waals surface area contributed by atoms with Crippen LogP contribution in [0.4, 0.5) is 0 Å². The fraction of sp³-hybridized carbons (Fsp3) is 0.588. The van der Waals surface area contributed by atoms with Crippen LogP contribution in [0, 0.1) is 13.8 Å². The zero-order valence-electron chi connectivity index (χ0n) is 14.0. The molecule has 1 aliphatic rings. The maximum atomic E-state index is 9.15. The molecule has 1 aliphatic heterocycles. The van der Waals surface area contributed by atoms with Gasteiger partial charge in [0.25, 0.3) is 0 Å². The van der Waals surface area contributed by atoms with Crippen LogP contribution in [0.3, 0.4) is 0 Å². The molecule has 0 spiro atoms. The van der Waals surface area contributed by atoms with Crippen LogP contribution in [-0.4, -0.2) is 45.6 Å². The molecule has 1 saturated heterocycles. The van der Waals surface area contributed by atoms with Crippen molar-refractivity contribution >= 4 is 11.3 Å². The number of aliphatic hydroxyl groups is 1. The lowest BCUT2D eigenvalue weighted by Crippen LogP contribution is -2.42. The molecule has 0 saturated carbocycles. The highest BCUT2D eigenvalue weighted by Crippen LogP contribution is 2.28. The molecule has 5 nitrogen and oxygen atoms in total. The topological polar surface area (TPSA) is 50.5 Å². The monoisotopic (exact) mass is 335 g/mol. The molecule has 1 N–H and O–H groups in total. The molecule has 3 rings (SSSR count). The molecular weight excluding hydrogens is 310 g/mol. The van der Waals surface area contributed by atoms with Gasteiger partial charge in [0, 0.05) is 30.9 Å². The average Bonchev–Trinajstić information content (AvgIpc) is 3.12. The lowest BCUT2D eigenvalue weighted by Gasteiger charge is -2.36. The van der Waals surface area contributed by atoms with E-state index in [1.54, 1.807) is 11.3 Å². The third kappa shape index (κ3) is 3.66. The summed E-state index contributed by atoms with van der Waals surface area (Å²) in [5, 5.41) is 18.0. The van der Waals surface area contributed by atoms with E-state index >= 15 is 0 Å². The van der Waals surface area contributed by atoms with E-state index in [-0.39, 0.29) is 18.8 Å². The fourth-order valence-corrected chi connectivity index (χ4v) is 4.01. The van der Waals surface area contributed by atoms with Gasteiger partial charge in [-0.3, -0.25) is 9.58 Å². The molecule has 0 aliphatic carbocycles. The van der Waals surface area contributed by atoms with Crippen molar-refractivity contribution in [1.82, 2.24) is 14.7 Å². The van der Waals surface area contributed by atoms with Gasteiger partial charge in [-0.05, 0) is 43.2 Å². The van der Waals surface area contributed by atoms with E-state index in [1.807, 2.05) is 4.68 Å². The Morgan fingerprint density at radius 2 is 2.22 bits per heavy atom. The van der Waals surface area contributed by atoms with E-state index in [2.05, 4.69) is 47.6 Å². The molecule has 2 aromatic rings. The number of morpholine rings is 1. The van der Waals surface area contributed by atoms with Crippen LogP contribution in [0.5, 0.6) is 0 Å². The number of ether oxygens (including phenoxy) is 1. The van der Waals surface area contributed by atoms with Crippen LogP contribution in [0.15, 0.2) is 16.8 Å². The van der Waals surface area contributed by atoms with E-state index in [9.17, 15) is 0 Å². The predicted octanol–water partition coefficient (Wildman–Crippen LogP) is 2.52. The molecule has 2 unspecified atom stereocenters.